The summed E-state index contributed by atoms with van der Waals surface area (Å²) in [5.74, 6) is -0.141. The molecule has 0 aliphatic heterocycles. The summed E-state index contributed by atoms with van der Waals surface area (Å²) in [6, 6.07) is 0. The molecule has 3 unspecified atom stereocenters. The van der Waals surface area contributed by atoms with E-state index in [1.807, 2.05) is 0 Å². The Morgan fingerprint density at radius 1 is 0.632 bits per heavy atom. The minimum Gasteiger partial charge on any atom is -0.837 e. The van der Waals surface area contributed by atoms with Crippen LogP contribution >= 0.6 is 69.6 Å². The van der Waals surface area contributed by atoms with Gasteiger partial charge in [0.2, 0.25) is 0 Å². The van der Waals surface area contributed by atoms with Gasteiger partial charge in [0.25, 0.3) is 0 Å². The van der Waals surface area contributed by atoms with Crippen LogP contribution in [0.2, 0.25) is 0 Å². The average molecular weight is 411 g/mol. The molecule has 0 aromatic carbocycles. The Hall–Kier alpha value is 2.15. The van der Waals surface area contributed by atoms with E-state index in [1.165, 1.54) is 20.8 Å². The summed E-state index contributed by atoms with van der Waals surface area (Å²) in [6.45, 7) is 3.96. The third kappa shape index (κ3) is 53.4. The van der Waals surface area contributed by atoms with Gasteiger partial charge in [0.05, 0.1) is 0 Å². The molecule has 0 aliphatic carbocycles. The summed E-state index contributed by atoms with van der Waals surface area (Å²) in [6.07, 6.45) is 0. The van der Waals surface area contributed by atoms with Crippen LogP contribution in [0.15, 0.2) is 0 Å². The summed E-state index contributed by atoms with van der Waals surface area (Å²) in [4.78, 5) is 0. The second-order valence-corrected chi connectivity index (χ2v) is 6.91. The zero-order valence-corrected chi connectivity index (χ0v) is 16.4. The maximum atomic E-state index is 10.1. The molecule has 0 aliphatic rings. The molecule has 19 heavy (non-hydrogen) atoms. The van der Waals surface area contributed by atoms with Crippen LogP contribution in [0.5, 0.6) is 0 Å². The summed E-state index contributed by atoms with van der Waals surface area (Å²) in [7, 11) is 0. The van der Waals surface area contributed by atoms with E-state index in [0.29, 0.717) is 0 Å². The molecule has 0 heterocycles. The first kappa shape index (κ1) is 29.2. The van der Waals surface area contributed by atoms with E-state index < -0.39 is 15.2 Å². The Balaban J connectivity index is -0.0000000865. The van der Waals surface area contributed by atoms with Crippen LogP contribution in [-0.4, -0.2) is 50.2 Å². The minimum absolute atomic E-state index is 0. The summed E-state index contributed by atoms with van der Waals surface area (Å²) in [5, 5.41) is 25.9. The molecule has 0 rings (SSSR count). The van der Waals surface area contributed by atoms with Crippen molar-refractivity contribution in [2.75, 3.05) is 17.6 Å². The second-order valence-electron chi connectivity index (χ2n) is 3.71. The Bertz CT molecular complexity index is 155. The Morgan fingerprint density at radius 2 is 0.684 bits per heavy atom. The van der Waals surface area contributed by atoms with Crippen molar-refractivity contribution in [3.63, 3.8) is 0 Å². The van der Waals surface area contributed by atoms with Crippen molar-refractivity contribution < 1.29 is 15.3 Å². The van der Waals surface area contributed by atoms with E-state index in [2.05, 4.69) is 0 Å². The van der Waals surface area contributed by atoms with Crippen LogP contribution < -0.4 is 15.3 Å². The fourth-order valence-corrected chi connectivity index (χ4v) is 0. The molecule has 0 N–H and O–H groups in total. The first-order chi connectivity index (χ1) is 7.68. The van der Waals surface area contributed by atoms with Crippen LogP contribution in [0, 0.1) is 0 Å². The van der Waals surface area contributed by atoms with Gasteiger partial charge in [0.15, 0.2) is 0 Å². The van der Waals surface area contributed by atoms with Crippen molar-refractivity contribution in [1.29, 1.82) is 0 Å². The normalized spacial score (nSPS) is 18.9. The number of hydrogen-bond donors (Lipinski definition) is 0. The topological polar surface area (TPSA) is 69.2 Å². The van der Waals surface area contributed by atoms with Crippen LogP contribution in [0.3, 0.4) is 0 Å². The van der Waals surface area contributed by atoms with Gasteiger partial charge in [-0.3, -0.25) is 0 Å². The Morgan fingerprint density at radius 3 is 0.684 bits per heavy atom. The molecule has 0 radical (unpaired) electrons. The number of alkyl halides is 6. The third-order valence-electron chi connectivity index (χ3n) is 0.716. The fraction of sp³-hybridized carbons (Fsp3) is 1.00. The smallest absolute Gasteiger partial charge is 0.837 e. The molecule has 0 aromatic heterocycles. The molecule has 0 bridgehead atoms. The first-order valence-corrected chi connectivity index (χ1v) is 7.28. The van der Waals surface area contributed by atoms with Crippen LogP contribution in [0.1, 0.15) is 20.8 Å². The third-order valence-corrected chi connectivity index (χ3v) is 3.06. The van der Waals surface area contributed by atoms with Crippen LogP contribution in [0.25, 0.3) is 0 Å². The summed E-state index contributed by atoms with van der Waals surface area (Å²) < 4.78 is 0. The number of halogens is 6. The van der Waals surface area contributed by atoms with Gasteiger partial charge in [-0.2, -0.15) is 0 Å². The van der Waals surface area contributed by atoms with Gasteiger partial charge in [-0.05, 0) is 15.2 Å². The van der Waals surface area contributed by atoms with E-state index in [1.54, 1.807) is 0 Å². The quantitative estimate of drug-likeness (QED) is 0.519. The molecule has 10 heteroatoms. The fourth-order valence-electron chi connectivity index (χ4n) is 0. The maximum Gasteiger partial charge on any atom is 3.00 e. The predicted molar refractivity (Wildman–Crippen MR) is 80.7 cm³/mol. The zero-order chi connectivity index (χ0) is 15.6. The second kappa shape index (κ2) is 13.8. The zero-order valence-electron chi connectivity index (χ0n) is 10.7. The van der Waals surface area contributed by atoms with Gasteiger partial charge >= 0.3 is 17.4 Å². The van der Waals surface area contributed by atoms with Crippen molar-refractivity contribution in [2.45, 2.75) is 36.0 Å². The van der Waals surface area contributed by atoms with Crippen molar-refractivity contribution in [3.05, 3.63) is 0 Å². The summed E-state index contributed by atoms with van der Waals surface area (Å²) in [5.41, 5.74) is 0. The van der Waals surface area contributed by atoms with Gasteiger partial charge in [0, 0.05) is 17.6 Å². The molecule has 0 fully saturated rings. The molecular formula is C9H15AlCl6O3. The molecule has 0 aromatic rings. The van der Waals surface area contributed by atoms with Gasteiger partial charge in [-0.25, -0.2) is 0 Å². The predicted octanol–water partition coefficient (Wildman–Crippen LogP) is 1.24. The number of hydrogen-bond acceptors (Lipinski definition) is 3. The summed E-state index contributed by atoms with van der Waals surface area (Å²) >= 11 is 30.2. The maximum absolute atomic E-state index is 10.1. The van der Waals surface area contributed by atoms with Crippen molar-refractivity contribution in [3.8, 4) is 0 Å². The van der Waals surface area contributed by atoms with Crippen LogP contribution in [-0.2, 0) is 0 Å². The molecule has 0 saturated carbocycles. The van der Waals surface area contributed by atoms with Gasteiger partial charge < -0.3 is 15.3 Å². The van der Waals surface area contributed by atoms with Crippen molar-refractivity contribution in [1.82, 2.24) is 0 Å². The van der Waals surface area contributed by atoms with E-state index in [-0.39, 0.29) is 35.0 Å². The molecule has 0 amide bonds. The van der Waals surface area contributed by atoms with E-state index in [4.69, 9.17) is 69.6 Å². The van der Waals surface area contributed by atoms with Gasteiger partial charge in [0.1, 0.15) is 0 Å². The Kier molecular flexibility index (Phi) is 21.2. The van der Waals surface area contributed by atoms with E-state index >= 15 is 0 Å². The molecule has 0 spiro atoms. The van der Waals surface area contributed by atoms with Crippen LogP contribution in [0.4, 0.5) is 0 Å². The van der Waals surface area contributed by atoms with E-state index in [0.717, 1.165) is 0 Å². The van der Waals surface area contributed by atoms with Crippen molar-refractivity contribution in [2.24, 2.45) is 0 Å². The van der Waals surface area contributed by atoms with Gasteiger partial charge in [-0.15, -0.1) is 69.6 Å². The van der Waals surface area contributed by atoms with E-state index in [9.17, 15) is 15.3 Å². The molecule has 0 saturated heterocycles. The molecule has 3 nitrogen and oxygen atoms in total. The first-order valence-electron chi connectivity index (χ1n) is 4.54. The Labute approximate surface area is 155 Å². The molecule has 114 valence electrons. The number of rotatable bonds is 3. The largest absolute Gasteiger partial charge is 3.00 e. The average Bonchev–Trinajstić information content (AvgIpc) is 2.16. The van der Waals surface area contributed by atoms with Gasteiger partial charge in [-0.1, -0.05) is 20.8 Å². The monoisotopic (exact) mass is 408 g/mol. The molecular weight excluding hydrogens is 396 g/mol. The SMILES string of the molecule is CC([O-])(Cl)CCl.CC([O-])(Cl)CCl.CC([O-])(Cl)CCl.[Al+3]. The molecule has 3 atom stereocenters. The van der Waals surface area contributed by atoms with Crippen molar-refractivity contribution >= 4 is 87.0 Å². The standard InChI is InChI=1S/3C3H5Cl2O.Al/c3*1-3(5,6)2-4;/h3*2H2,1H3;/q3*-1;+3. The minimum atomic E-state index is -1.47.